The Hall–Kier alpha value is -2.95. The molecule has 0 saturated carbocycles. The van der Waals surface area contributed by atoms with Crippen LogP contribution >= 0.6 is 0 Å². The molecule has 110 valence electrons. The van der Waals surface area contributed by atoms with Crippen LogP contribution in [0.3, 0.4) is 0 Å². The summed E-state index contributed by atoms with van der Waals surface area (Å²) in [6.07, 6.45) is 1.33. The lowest BCUT2D eigenvalue weighted by atomic mass is 9.98. The predicted molar refractivity (Wildman–Crippen MR) is 78.7 cm³/mol. The van der Waals surface area contributed by atoms with Crippen LogP contribution in [0.5, 0.6) is 0 Å². The minimum absolute atomic E-state index is 0.178. The van der Waals surface area contributed by atoms with Gasteiger partial charge in [0.1, 0.15) is 12.1 Å². The number of hydrogen-bond acceptors (Lipinski definition) is 3. The Morgan fingerprint density at radius 1 is 1.05 bits per heavy atom. The van der Waals surface area contributed by atoms with E-state index in [1.54, 1.807) is 12.1 Å². The van der Waals surface area contributed by atoms with Crippen molar-refractivity contribution in [2.75, 3.05) is 0 Å². The van der Waals surface area contributed by atoms with Crippen LogP contribution in [0.4, 0.5) is 4.39 Å². The molecule has 4 nitrogen and oxygen atoms in total. The highest BCUT2D eigenvalue weighted by Gasteiger charge is 2.19. The van der Waals surface area contributed by atoms with Crippen molar-refractivity contribution in [1.82, 2.24) is 10.5 Å². The van der Waals surface area contributed by atoms with Gasteiger partial charge in [0.2, 0.25) is 0 Å². The monoisotopic (exact) mass is 296 g/mol. The topological polar surface area (TPSA) is 55.1 Å². The van der Waals surface area contributed by atoms with Gasteiger partial charge in [-0.3, -0.25) is 4.79 Å². The van der Waals surface area contributed by atoms with Gasteiger partial charge in [0.25, 0.3) is 5.91 Å². The van der Waals surface area contributed by atoms with Crippen LogP contribution in [0.1, 0.15) is 27.7 Å². The zero-order valence-electron chi connectivity index (χ0n) is 11.6. The molecule has 1 amide bonds. The zero-order valence-corrected chi connectivity index (χ0v) is 11.6. The average Bonchev–Trinajstić information content (AvgIpc) is 3.08. The van der Waals surface area contributed by atoms with Crippen LogP contribution in [0.2, 0.25) is 0 Å². The molecule has 0 fully saturated rings. The van der Waals surface area contributed by atoms with E-state index in [-0.39, 0.29) is 17.4 Å². The maximum atomic E-state index is 13.5. The molecular formula is C17H13FN2O2. The molecule has 0 bridgehead atoms. The maximum Gasteiger partial charge on any atom is 0.274 e. The predicted octanol–water partition coefficient (Wildman–Crippen LogP) is 3.33. The zero-order chi connectivity index (χ0) is 15.4. The summed E-state index contributed by atoms with van der Waals surface area (Å²) in [5, 5.41) is 6.46. The molecule has 0 aliphatic carbocycles. The molecule has 22 heavy (non-hydrogen) atoms. The number of nitrogens with one attached hydrogen (secondary N) is 1. The van der Waals surface area contributed by atoms with Crippen LogP contribution in [0, 0.1) is 5.82 Å². The van der Waals surface area contributed by atoms with Gasteiger partial charge in [0.15, 0.2) is 5.69 Å². The van der Waals surface area contributed by atoms with Gasteiger partial charge in [-0.1, -0.05) is 47.6 Å². The number of hydrogen-bond donors (Lipinski definition) is 1. The third-order valence-electron chi connectivity index (χ3n) is 3.26. The Kier molecular flexibility index (Phi) is 3.96. The molecule has 1 unspecified atom stereocenters. The van der Waals surface area contributed by atoms with E-state index >= 15 is 0 Å². The van der Waals surface area contributed by atoms with E-state index in [2.05, 4.69) is 15.0 Å². The number of carbonyl (C=O) groups excluding carboxylic acids is 1. The van der Waals surface area contributed by atoms with Gasteiger partial charge in [-0.25, -0.2) is 4.39 Å². The van der Waals surface area contributed by atoms with E-state index in [1.165, 1.54) is 24.5 Å². The molecule has 0 radical (unpaired) electrons. The fourth-order valence-corrected chi connectivity index (χ4v) is 2.23. The first-order chi connectivity index (χ1) is 10.7. The van der Waals surface area contributed by atoms with Crippen LogP contribution in [-0.2, 0) is 0 Å². The molecule has 3 aromatic rings. The van der Waals surface area contributed by atoms with Crippen molar-refractivity contribution in [3.05, 3.63) is 89.6 Å². The first-order valence-electron chi connectivity index (χ1n) is 6.76. The molecule has 5 heteroatoms. The summed E-state index contributed by atoms with van der Waals surface area (Å²) in [5.74, 6) is -0.735. The fourth-order valence-electron chi connectivity index (χ4n) is 2.23. The standard InChI is InChI=1S/C17H13FN2O2/c18-14-8-4-7-13(11-14)16(12-5-2-1-3-6-12)19-17(21)15-9-10-22-20-15/h1-11,16H,(H,19,21). The van der Waals surface area contributed by atoms with Gasteiger partial charge in [0, 0.05) is 6.07 Å². The Balaban J connectivity index is 1.95. The average molecular weight is 296 g/mol. The Morgan fingerprint density at radius 2 is 1.82 bits per heavy atom. The van der Waals surface area contributed by atoms with E-state index < -0.39 is 6.04 Å². The molecule has 1 atom stereocenters. The van der Waals surface area contributed by atoms with Crippen molar-refractivity contribution in [3.63, 3.8) is 0 Å². The van der Waals surface area contributed by atoms with Gasteiger partial charge in [-0.2, -0.15) is 0 Å². The maximum absolute atomic E-state index is 13.5. The Labute approximate surface area is 126 Å². The molecule has 1 aromatic heterocycles. The highest BCUT2D eigenvalue weighted by molar-refractivity contribution is 5.92. The summed E-state index contributed by atoms with van der Waals surface area (Å²) in [4.78, 5) is 12.2. The van der Waals surface area contributed by atoms with Gasteiger partial charge >= 0.3 is 0 Å². The summed E-state index contributed by atoms with van der Waals surface area (Å²) in [5.41, 5.74) is 1.69. The highest BCUT2D eigenvalue weighted by atomic mass is 19.1. The van der Waals surface area contributed by atoms with E-state index in [1.807, 2.05) is 30.3 Å². The fraction of sp³-hybridized carbons (Fsp3) is 0.0588. The number of amides is 1. The smallest absolute Gasteiger partial charge is 0.274 e. The highest BCUT2D eigenvalue weighted by Crippen LogP contribution is 2.23. The second-order valence-corrected chi connectivity index (χ2v) is 4.76. The normalized spacial score (nSPS) is 11.9. The summed E-state index contributed by atoms with van der Waals surface area (Å²) in [6, 6.07) is 16.5. The van der Waals surface area contributed by atoms with Gasteiger partial charge < -0.3 is 9.84 Å². The number of aromatic nitrogens is 1. The summed E-state index contributed by atoms with van der Waals surface area (Å²) < 4.78 is 18.2. The SMILES string of the molecule is O=C(NC(c1ccccc1)c1cccc(F)c1)c1ccon1. The van der Waals surface area contributed by atoms with Gasteiger partial charge in [-0.15, -0.1) is 0 Å². The lowest BCUT2D eigenvalue weighted by Crippen LogP contribution is -2.29. The van der Waals surface area contributed by atoms with Crippen molar-refractivity contribution in [3.8, 4) is 0 Å². The third-order valence-corrected chi connectivity index (χ3v) is 3.26. The van der Waals surface area contributed by atoms with Crippen LogP contribution in [0.15, 0.2) is 71.4 Å². The van der Waals surface area contributed by atoms with Crippen molar-refractivity contribution in [2.45, 2.75) is 6.04 Å². The number of nitrogens with zero attached hydrogens (tertiary/aromatic N) is 1. The minimum atomic E-state index is -0.471. The van der Waals surface area contributed by atoms with E-state index in [0.717, 1.165) is 5.56 Å². The lowest BCUT2D eigenvalue weighted by molar-refractivity contribution is 0.0933. The summed E-state index contributed by atoms with van der Waals surface area (Å²) >= 11 is 0. The number of rotatable bonds is 4. The molecule has 2 aromatic carbocycles. The first-order valence-corrected chi connectivity index (χ1v) is 6.76. The quantitative estimate of drug-likeness (QED) is 0.803. The number of carbonyl (C=O) groups is 1. The van der Waals surface area contributed by atoms with E-state index in [9.17, 15) is 9.18 Å². The molecule has 0 aliphatic rings. The molecule has 3 rings (SSSR count). The van der Waals surface area contributed by atoms with Crippen molar-refractivity contribution < 1.29 is 13.7 Å². The van der Waals surface area contributed by atoms with Crippen molar-refractivity contribution >= 4 is 5.91 Å². The lowest BCUT2D eigenvalue weighted by Gasteiger charge is -2.19. The minimum Gasteiger partial charge on any atom is -0.364 e. The Morgan fingerprint density at radius 3 is 2.50 bits per heavy atom. The summed E-state index contributed by atoms with van der Waals surface area (Å²) in [7, 11) is 0. The molecule has 0 saturated heterocycles. The summed E-state index contributed by atoms with van der Waals surface area (Å²) in [6.45, 7) is 0. The second kappa shape index (κ2) is 6.22. The van der Waals surface area contributed by atoms with E-state index in [0.29, 0.717) is 5.56 Å². The Bertz CT molecular complexity index is 757. The first kappa shape index (κ1) is 14.0. The van der Waals surface area contributed by atoms with Crippen LogP contribution in [0.25, 0.3) is 0 Å². The third kappa shape index (κ3) is 3.03. The second-order valence-electron chi connectivity index (χ2n) is 4.76. The largest absolute Gasteiger partial charge is 0.364 e. The molecule has 0 aliphatic heterocycles. The van der Waals surface area contributed by atoms with Gasteiger partial charge in [-0.05, 0) is 23.3 Å². The number of halogens is 1. The molecule has 1 heterocycles. The molecule has 1 N–H and O–H groups in total. The van der Waals surface area contributed by atoms with Crippen molar-refractivity contribution in [2.24, 2.45) is 0 Å². The van der Waals surface area contributed by atoms with E-state index in [4.69, 9.17) is 0 Å². The van der Waals surface area contributed by atoms with Crippen molar-refractivity contribution in [1.29, 1.82) is 0 Å². The molecular weight excluding hydrogens is 283 g/mol. The number of benzene rings is 2. The molecule has 0 spiro atoms. The van der Waals surface area contributed by atoms with Crippen LogP contribution in [-0.4, -0.2) is 11.1 Å². The van der Waals surface area contributed by atoms with Gasteiger partial charge in [0.05, 0.1) is 6.04 Å². The van der Waals surface area contributed by atoms with Crippen LogP contribution < -0.4 is 5.32 Å².